The molecule has 0 aliphatic carbocycles. The van der Waals surface area contributed by atoms with Crippen molar-refractivity contribution in [2.24, 2.45) is 5.41 Å². The molecule has 0 saturated carbocycles. The fourth-order valence-electron chi connectivity index (χ4n) is 3.31. The molecule has 0 bridgehead atoms. The van der Waals surface area contributed by atoms with Gasteiger partial charge in [0.1, 0.15) is 5.69 Å². The number of nitrogens with one attached hydrogen (secondary N) is 2. The highest BCUT2D eigenvalue weighted by Gasteiger charge is 2.54. The SMILES string of the molecule is CC(C)NC(=O)N1CC2(C1)CN(C(=O)c1cc(C(C)CO)[nH]n1)C2. The van der Waals surface area contributed by atoms with Gasteiger partial charge in [-0.1, -0.05) is 6.92 Å². The number of amides is 3. The fourth-order valence-corrected chi connectivity index (χ4v) is 3.31. The molecule has 2 aliphatic rings. The van der Waals surface area contributed by atoms with Crippen LogP contribution in [0.3, 0.4) is 0 Å². The maximum Gasteiger partial charge on any atom is 0.317 e. The van der Waals surface area contributed by atoms with Crippen LogP contribution in [-0.4, -0.2) is 75.9 Å². The molecular formula is C16H25N5O3. The van der Waals surface area contributed by atoms with Crippen molar-refractivity contribution >= 4 is 11.9 Å². The van der Waals surface area contributed by atoms with Crippen molar-refractivity contribution in [3.8, 4) is 0 Å². The average Bonchev–Trinajstić information content (AvgIpc) is 2.92. The molecule has 3 heterocycles. The lowest BCUT2D eigenvalue weighted by atomic mass is 9.73. The Balaban J connectivity index is 1.50. The summed E-state index contributed by atoms with van der Waals surface area (Å²) < 4.78 is 0. The zero-order chi connectivity index (χ0) is 17.5. The van der Waals surface area contributed by atoms with Gasteiger partial charge in [0.15, 0.2) is 0 Å². The second-order valence-electron chi connectivity index (χ2n) is 7.41. The summed E-state index contributed by atoms with van der Waals surface area (Å²) in [6.45, 7) is 8.47. The first kappa shape index (κ1) is 16.8. The van der Waals surface area contributed by atoms with E-state index in [9.17, 15) is 9.59 Å². The first-order valence-corrected chi connectivity index (χ1v) is 8.34. The second kappa shape index (κ2) is 6.08. The summed E-state index contributed by atoms with van der Waals surface area (Å²) in [6, 6.07) is 1.80. The van der Waals surface area contributed by atoms with Crippen LogP contribution in [0.15, 0.2) is 6.07 Å². The maximum absolute atomic E-state index is 12.4. The Labute approximate surface area is 141 Å². The number of urea groups is 1. The third-order valence-corrected chi connectivity index (χ3v) is 4.71. The highest BCUT2D eigenvalue weighted by molar-refractivity contribution is 5.93. The van der Waals surface area contributed by atoms with Crippen LogP contribution in [0.25, 0.3) is 0 Å². The zero-order valence-electron chi connectivity index (χ0n) is 14.4. The Bertz CT molecular complexity index is 627. The number of carbonyl (C=O) groups is 2. The van der Waals surface area contributed by atoms with Crippen molar-refractivity contribution in [1.29, 1.82) is 0 Å². The molecule has 8 nitrogen and oxygen atoms in total. The Hall–Kier alpha value is -2.09. The molecular weight excluding hydrogens is 310 g/mol. The van der Waals surface area contributed by atoms with E-state index in [0.29, 0.717) is 31.9 Å². The number of aromatic nitrogens is 2. The van der Waals surface area contributed by atoms with Crippen molar-refractivity contribution in [3.63, 3.8) is 0 Å². The molecule has 1 spiro atoms. The molecule has 2 fully saturated rings. The number of carbonyl (C=O) groups excluding carboxylic acids is 2. The summed E-state index contributed by atoms with van der Waals surface area (Å²) in [4.78, 5) is 27.9. The van der Waals surface area contributed by atoms with E-state index < -0.39 is 0 Å². The molecule has 24 heavy (non-hydrogen) atoms. The molecule has 1 aromatic rings. The van der Waals surface area contributed by atoms with Gasteiger partial charge >= 0.3 is 6.03 Å². The molecule has 132 valence electrons. The van der Waals surface area contributed by atoms with Gasteiger partial charge in [-0.3, -0.25) is 9.89 Å². The number of nitrogens with zero attached hydrogens (tertiary/aromatic N) is 3. The molecule has 3 amide bonds. The van der Waals surface area contributed by atoms with Gasteiger partial charge < -0.3 is 20.2 Å². The number of hydrogen-bond donors (Lipinski definition) is 3. The highest BCUT2D eigenvalue weighted by atomic mass is 16.3. The number of hydrogen-bond acceptors (Lipinski definition) is 4. The van der Waals surface area contributed by atoms with E-state index in [2.05, 4.69) is 15.5 Å². The summed E-state index contributed by atoms with van der Waals surface area (Å²) in [5, 5.41) is 18.9. The monoisotopic (exact) mass is 335 g/mol. The van der Waals surface area contributed by atoms with Crippen LogP contribution in [-0.2, 0) is 0 Å². The number of aromatic amines is 1. The van der Waals surface area contributed by atoms with Crippen molar-refractivity contribution in [2.45, 2.75) is 32.7 Å². The van der Waals surface area contributed by atoms with Crippen LogP contribution >= 0.6 is 0 Å². The minimum atomic E-state index is -0.0988. The largest absolute Gasteiger partial charge is 0.396 e. The predicted octanol–water partition coefficient (Wildman–Crippen LogP) is 0.381. The molecule has 2 aliphatic heterocycles. The lowest BCUT2D eigenvalue weighted by molar-refractivity contribution is -0.0782. The van der Waals surface area contributed by atoms with Crippen LogP contribution in [0.5, 0.6) is 0 Å². The van der Waals surface area contributed by atoms with E-state index in [0.717, 1.165) is 5.69 Å². The van der Waals surface area contributed by atoms with Gasteiger partial charge in [-0.2, -0.15) is 5.10 Å². The molecule has 3 rings (SSSR count). The van der Waals surface area contributed by atoms with Crippen molar-refractivity contribution < 1.29 is 14.7 Å². The normalized spacial score (nSPS) is 19.9. The minimum Gasteiger partial charge on any atom is -0.396 e. The molecule has 1 aromatic heterocycles. The van der Waals surface area contributed by atoms with Gasteiger partial charge in [0.25, 0.3) is 5.91 Å². The Kier molecular flexibility index (Phi) is 4.25. The Morgan fingerprint density at radius 3 is 2.50 bits per heavy atom. The minimum absolute atomic E-state index is 0.0108. The van der Waals surface area contributed by atoms with E-state index in [1.54, 1.807) is 15.9 Å². The van der Waals surface area contributed by atoms with Gasteiger partial charge in [0, 0.05) is 49.2 Å². The van der Waals surface area contributed by atoms with E-state index in [4.69, 9.17) is 5.11 Å². The maximum atomic E-state index is 12.4. The summed E-state index contributed by atoms with van der Waals surface area (Å²) in [5.41, 5.74) is 1.20. The van der Waals surface area contributed by atoms with Crippen LogP contribution in [0, 0.1) is 5.41 Å². The standard InChI is InChI=1S/C16H25N5O3/c1-10(2)17-15(24)21-8-16(9-21)6-20(7-16)14(23)13-4-12(18-19-13)11(3)5-22/h4,10-11,22H,5-9H2,1-3H3,(H,17,24)(H,18,19). The third kappa shape index (κ3) is 2.98. The van der Waals surface area contributed by atoms with Crippen molar-refractivity contribution in [3.05, 3.63) is 17.5 Å². The number of likely N-dealkylation sites (tertiary alicyclic amines) is 2. The van der Waals surface area contributed by atoms with E-state index in [1.165, 1.54) is 0 Å². The van der Waals surface area contributed by atoms with Crippen molar-refractivity contribution in [1.82, 2.24) is 25.3 Å². The molecule has 0 radical (unpaired) electrons. The van der Waals surface area contributed by atoms with Crippen LogP contribution in [0.1, 0.15) is 42.9 Å². The summed E-state index contributed by atoms with van der Waals surface area (Å²) in [5.74, 6) is -0.167. The van der Waals surface area contributed by atoms with Crippen LogP contribution in [0.4, 0.5) is 4.79 Å². The van der Waals surface area contributed by atoms with Gasteiger partial charge in [-0.15, -0.1) is 0 Å². The van der Waals surface area contributed by atoms with E-state index >= 15 is 0 Å². The van der Waals surface area contributed by atoms with Gasteiger partial charge in [0.05, 0.1) is 6.61 Å². The van der Waals surface area contributed by atoms with Gasteiger partial charge in [0.2, 0.25) is 0 Å². The lowest BCUT2D eigenvalue weighted by Crippen LogP contribution is -2.74. The molecule has 8 heteroatoms. The van der Waals surface area contributed by atoms with E-state index in [1.807, 2.05) is 20.8 Å². The highest BCUT2D eigenvalue weighted by Crippen LogP contribution is 2.40. The van der Waals surface area contributed by atoms with E-state index in [-0.39, 0.29) is 35.9 Å². The second-order valence-corrected chi connectivity index (χ2v) is 7.41. The smallest absolute Gasteiger partial charge is 0.317 e. The van der Waals surface area contributed by atoms with Gasteiger partial charge in [-0.25, -0.2) is 4.79 Å². The Morgan fingerprint density at radius 1 is 1.29 bits per heavy atom. The number of aliphatic hydroxyl groups is 1. The molecule has 0 aromatic carbocycles. The average molecular weight is 335 g/mol. The predicted molar refractivity (Wildman–Crippen MR) is 87.7 cm³/mol. The van der Waals surface area contributed by atoms with Gasteiger partial charge in [-0.05, 0) is 19.9 Å². The molecule has 1 unspecified atom stereocenters. The summed E-state index contributed by atoms with van der Waals surface area (Å²) >= 11 is 0. The quantitative estimate of drug-likeness (QED) is 0.740. The first-order chi connectivity index (χ1) is 11.3. The number of aliphatic hydroxyl groups excluding tert-OH is 1. The molecule has 3 N–H and O–H groups in total. The number of rotatable bonds is 4. The number of H-pyrrole nitrogens is 1. The fraction of sp³-hybridized carbons (Fsp3) is 0.688. The topological polar surface area (TPSA) is 102 Å². The molecule has 2 saturated heterocycles. The lowest BCUT2D eigenvalue weighted by Gasteiger charge is -2.59. The Morgan fingerprint density at radius 2 is 1.92 bits per heavy atom. The van der Waals surface area contributed by atoms with Crippen LogP contribution < -0.4 is 5.32 Å². The molecule has 1 atom stereocenters. The first-order valence-electron chi connectivity index (χ1n) is 8.34. The van der Waals surface area contributed by atoms with Crippen LogP contribution in [0.2, 0.25) is 0 Å². The zero-order valence-corrected chi connectivity index (χ0v) is 14.4. The summed E-state index contributed by atoms with van der Waals surface area (Å²) in [6.07, 6.45) is 0. The third-order valence-electron chi connectivity index (χ3n) is 4.71. The summed E-state index contributed by atoms with van der Waals surface area (Å²) in [7, 11) is 0. The van der Waals surface area contributed by atoms with Crippen molar-refractivity contribution in [2.75, 3.05) is 32.8 Å².